The van der Waals surface area contributed by atoms with Crippen LogP contribution in [0, 0.1) is 6.92 Å². The molecule has 3 nitrogen and oxygen atoms in total. The quantitative estimate of drug-likeness (QED) is 0.833. The first kappa shape index (κ1) is 10.8. The SMILES string of the molecule is Cc1ccc(-c2cc3c(cc2O)OCC3=O)cc1. The monoisotopic (exact) mass is 240 g/mol. The first-order valence-corrected chi connectivity index (χ1v) is 5.75. The number of Topliss-reactive ketones (excluding diaryl/α,β-unsaturated/α-hetero) is 1. The van der Waals surface area contributed by atoms with Crippen LogP contribution in [0.15, 0.2) is 36.4 Å². The predicted molar refractivity (Wildman–Crippen MR) is 68.1 cm³/mol. The van der Waals surface area contributed by atoms with E-state index in [0.717, 1.165) is 11.1 Å². The molecular formula is C15H12O3. The summed E-state index contributed by atoms with van der Waals surface area (Å²) in [4.78, 5) is 11.6. The summed E-state index contributed by atoms with van der Waals surface area (Å²) >= 11 is 0. The van der Waals surface area contributed by atoms with Gasteiger partial charge in [-0.05, 0) is 18.6 Å². The number of phenolic OH excluding ortho intramolecular Hbond substituents is 1. The second-order valence-electron chi connectivity index (χ2n) is 4.44. The number of fused-ring (bicyclic) bond motifs is 1. The highest BCUT2D eigenvalue weighted by Gasteiger charge is 2.23. The Balaban J connectivity index is 2.15. The molecule has 3 rings (SSSR count). The van der Waals surface area contributed by atoms with E-state index in [-0.39, 0.29) is 18.1 Å². The molecule has 0 amide bonds. The highest BCUT2D eigenvalue weighted by molar-refractivity contribution is 6.03. The molecule has 0 aliphatic carbocycles. The Labute approximate surface area is 105 Å². The Morgan fingerprint density at radius 2 is 1.83 bits per heavy atom. The van der Waals surface area contributed by atoms with E-state index in [9.17, 15) is 9.90 Å². The van der Waals surface area contributed by atoms with Crippen LogP contribution in [0.2, 0.25) is 0 Å². The van der Waals surface area contributed by atoms with Crippen LogP contribution in [0.5, 0.6) is 11.5 Å². The van der Waals surface area contributed by atoms with Gasteiger partial charge in [0.15, 0.2) is 6.61 Å². The van der Waals surface area contributed by atoms with Crippen LogP contribution < -0.4 is 4.74 Å². The topological polar surface area (TPSA) is 46.5 Å². The van der Waals surface area contributed by atoms with E-state index in [2.05, 4.69) is 0 Å². The van der Waals surface area contributed by atoms with Gasteiger partial charge < -0.3 is 9.84 Å². The van der Waals surface area contributed by atoms with E-state index in [1.165, 1.54) is 6.07 Å². The molecule has 18 heavy (non-hydrogen) atoms. The Hall–Kier alpha value is -2.29. The first-order valence-electron chi connectivity index (χ1n) is 5.75. The van der Waals surface area contributed by atoms with E-state index < -0.39 is 0 Å². The van der Waals surface area contributed by atoms with Gasteiger partial charge in [-0.15, -0.1) is 0 Å². The maximum Gasteiger partial charge on any atom is 0.203 e. The largest absolute Gasteiger partial charge is 0.507 e. The molecule has 1 heterocycles. The number of aromatic hydroxyl groups is 1. The average Bonchev–Trinajstić information content (AvgIpc) is 2.71. The average molecular weight is 240 g/mol. The molecule has 0 saturated carbocycles. The molecule has 0 saturated heterocycles. The minimum Gasteiger partial charge on any atom is -0.507 e. The summed E-state index contributed by atoms with van der Waals surface area (Å²) in [6.45, 7) is 2.07. The first-order chi connectivity index (χ1) is 8.65. The normalized spacial score (nSPS) is 13.3. The molecule has 0 atom stereocenters. The van der Waals surface area contributed by atoms with Gasteiger partial charge in [-0.25, -0.2) is 0 Å². The van der Waals surface area contributed by atoms with Crippen molar-refractivity contribution in [2.45, 2.75) is 6.92 Å². The number of hydrogen-bond donors (Lipinski definition) is 1. The second-order valence-corrected chi connectivity index (χ2v) is 4.44. The fourth-order valence-electron chi connectivity index (χ4n) is 2.09. The molecule has 1 N–H and O–H groups in total. The van der Waals surface area contributed by atoms with Gasteiger partial charge in [-0.3, -0.25) is 4.79 Å². The van der Waals surface area contributed by atoms with Crippen LogP contribution in [0.25, 0.3) is 11.1 Å². The van der Waals surface area contributed by atoms with Crippen molar-refractivity contribution in [1.29, 1.82) is 0 Å². The minimum atomic E-state index is -0.0432. The number of hydrogen-bond acceptors (Lipinski definition) is 3. The summed E-state index contributed by atoms with van der Waals surface area (Å²) in [6.07, 6.45) is 0. The lowest BCUT2D eigenvalue weighted by atomic mass is 9.99. The number of ether oxygens (including phenoxy) is 1. The van der Waals surface area contributed by atoms with Gasteiger partial charge in [0.25, 0.3) is 0 Å². The fraction of sp³-hybridized carbons (Fsp3) is 0.133. The highest BCUT2D eigenvalue weighted by Crippen LogP contribution is 2.37. The molecule has 2 aromatic carbocycles. The summed E-state index contributed by atoms with van der Waals surface area (Å²) in [5.41, 5.74) is 3.25. The third-order valence-electron chi connectivity index (χ3n) is 3.12. The van der Waals surface area contributed by atoms with Crippen molar-refractivity contribution < 1.29 is 14.6 Å². The molecule has 1 aliphatic rings. The summed E-state index contributed by atoms with van der Waals surface area (Å²) in [5, 5.41) is 9.99. The standard InChI is InChI=1S/C15H12O3/c1-9-2-4-10(5-3-9)11-6-12-14(17)8-18-15(12)7-13(11)16/h2-7,16H,8H2,1H3. The van der Waals surface area contributed by atoms with E-state index in [4.69, 9.17) is 4.74 Å². The zero-order valence-electron chi connectivity index (χ0n) is 9.93. The maximum atomic E-state index is 11.6. The van der Waals surface area contributed by atoms with Crippen molar-refractivity contribution in [2.75, 3.05) is 6.61 Å². The number of carbonyl (C=O) groups excluding carboxylic acids is 1. The van der Waals surface area contributed by atoms with Crippen LogP contribution in [-0.2, 0) is 0 Å². The number of aryl methyl sites for hydroxylation is 1. The highest BCUT2D eigenvalue weighted by atomic mass is 16.5. The van der Waals surface area contributed by atoms with Crippen LogP contribution in [0.3, 0.4) is 0 Å². The smallest absolute Gasteiger partial charge is 0.203 e. The Morgan fingerprint density at radius 1 is 1.11 bits per heavy atom. The van der Waals surface area contributed by atoms with Crippen molar-refractivity contribution in [3.05, 3.63) is 47.5 Å². The maximum absolute atomic E-state index is 11.6. The molecule has 0 bridgehead atoms. The van der Waals surface area contributed by atoms with Crippen molar-refractivity contribution in [3.8, 4) is 22.6 Å². The summed E-state index contributed by atoms with van der Waals surface area (Å²) in [7, 11) is 0. The van der Waals surface area contributed by atoms with E-state index in [0.29, 0.717) is 16.9 Å². The van der Waals surface area contributed by atoms with Gasteiger partial charge in [0.2, 0.25) is 5.78 Å². The lowest BCUT2D eigenvalue weighted by Crippen LogP contribution is -1.98. The zero-order valence-corrected chi connectivity index (χ0v) is 9.93. The van der Waals surface area contributed by atoms with E-state index >= 15 is 0 Å². The van der Waals surface area contributed by atoms with Gasteiger partial charge in [-0.1, -0.05) is 29.8 Å². The Bertz CT molecular complexity index is 627. The predicted octanol–water partition coefficient (Wildman–Crippen LogP) is 2.94. The van der Waals surface area contributed by atoms with E-state index in [1.54, 1.807) is 6.07 Å². The molecule has 0 radical (unpaired) electrons. The Morgan fingerprint density at radius 3 is 2.56 bits per heavy atom. The van der Waals surface area contributed by atoms with Crippen LogP contribution in [0.1, 0.15) is 15.9 Å². The Kier molecular flexibility index (Phi) is 2.33. The van der Waals surface area contributed by atoms with Crippen LogP contribution >= 0.6 is 0 Å². The minimum absolute atomic E-state index is 0.0432. The summed E-state index contributed by atoms with van der Waals surface area (Å²) < 4.78 is 5.19. The van der Waals surface area contributed by atoms with Crippen molar-refractivity contribution in [2.24, 2.45) is 0 Å². The molecule has 1 aliphatic heterocycles. The summed E-state index contributed by atoms with van der Waals surface area (Å²) in [5.74, 6) is 0.555. The molecule has 0 fully saturated rings. The van der Waals surface area contributed by atoms with Gasteiger partial charge in [-0.2, -0.15) is 0 Å². The fourth-order valence-corrected chi connectivity index (χ4v) is 2.09. The number of rotatable bonds is 1. The molecule has 3 heteroatoms. The molecular weight excluding hydrogens is 228 g/mol. The van der Waals surface area contributed by atoms with Crippen LogP contribution in [-0.4, -0.2) is 17.5 Å². The number of ketones is 1. The second kappa shape index (κ2) is 3.88. The van der Waals surface area contributed by atoms with Gasteiger partial charge in [0, 0.05) is 11.6 Å². The van der Waals surface area contributed by atoms with Gasteiger partial charge in [0.1, 0.15) is 11.5 Å². The van der Waals surface area contributed by atoms with Gasteiger partial charge in [0.05, 0.1) is 5.56 Å². The lowest BCUT2D eigenvalue weighted by molar-refractivity contribution is 0.0961. The number of benzene rings is 2. The van der Waals surface area contributed by atoms with Crippen LogP contribution in [0.4, 0.5) is 0 Å². The third-order valence-corrected chi connectivity index (χ3v) is 3.12. The van der Waals surface area contributed by atoms with Crippen molar-refractivity contribution in [1.82, 2.24) is 0 Å². The zero-order chi connectivity index (χ0) is 12.7. The molecule has 90 valence electrons. The molecule has 0 spiro atoms. The molecule has 2 aromatic rings. The van der Waals surface area contributed by atoms with Gasteiger partial charge >= 0.3 is 0 Å². The molecule has 0 unspecified atom stereocenters. The number of carbonyl (C=O) groups is 1. The molecule has 0 aromatic heterocycles. The van der Waals surface area contributed by atoms with E-state index in [1.807, 2.05) is 31.2 Å². The summed E-state index contributed by atoms with van der Waals surface area (Å²) in [6, 6.07) is 11.0. The lowest BCUT2D eigenvalue weighted by Gasteiger charge is -2.07. The third kappa shape index (κ3) is 1.64. The van der Waals surface area contributed by atoms with Crippen molar-refractivity contribution >= 4 is 5.78 Å². The van der Waals surface area contributed by atoms with Crippen molar-refractivity contribution in [3.63, 3.8) is 0 Å². The number of phenols is 1.